The first kappa shape index (κ1) is 17.7. The van der Waals surface area contributed by atoms with E-state index in [1.165, 1.54) is 0 Å². The predicted molar refractivity (Wildman–Crippen MR) is 91.7 cm³/mol. The van der Waals surface area contributed by atoms with Crippen LogP contribution in [0.15, 0.2) is 30.3 Å². The molecule has 1 saturated heterocycles. The fourth-order valence-corrected chi connectivity index (χ4v) is 3.46. The molecule has 25 heavy (non-hydrogen) atoms. The molecule has 0 bridgehead atoms. The minimum atomic E-state index is -0.721. The third-order valence-electron chi connectivity index (χ3n) is 4.70. The van der Waals surface area contributed by atoms with Crippen molar-refractivity contribution < 1.29 is 19.1 Å². The third kappa shape index (κ3) is 4.70. The van der Waals surface area contributed by atoms with Crippen LogP contribution in [0, 0.1) is 0 Å². The van der Waals surface area contributed by atoms with Gasteiger partial charge in [-0.15, -0.1) is 0 Å². The van der Waals surface area contributed by atoms with Gasteiger partial charge in [0.05, 0.1) is 6.61 Å². The molecule has 2 unspecified atom stereocenters. The summed E-state index contributed by atoms with van der Waals surface area (Å²) in [7, 11) is 0. The van der Waals surface area contributed by atoms with Crippen LogP contribution in [0.3, 0.4) is 0 Å². The van der Waals surface area contributed by atoms with Gasteiger partial charge in [-0.2, -0.15) is 0 Å². The number of urea groups is 1. The number of nitrogens with two attached hydrogens (primary N) is 1. The molecule has 136 valence electrons. The number of carbonyl (C=O) groups excluding carboxylic acids is 2. The summed E-state index contributed by atoms with van der Waals surface area (Å²) in [6.45, 7) is 0.833. The second-order valence-corrected chi connectivity index (χ2v) is 6.66. The summed E-state index contributed by atoms with van der Waals surface area (Å²) in [6.07, 6.45) is 4.27. The molecule has 1 spiro atoms. The summed E-state index contributed by atoms with van der Waals surface area (Å²) in [4.78, 5) is 23.7. The van der Waals surface area contributed by atoms with E-state index in [0.29, 0.717) is 19.6 Å². The lowest BCUT2D eigenvalue weighted by Gasteiger charge is -2.22. The van der Waals surface area contributed by atoms with Crippen LogP contribution in [0.25, 0.3) is 0 Å². The van der Waals surface area contributed by atoms with Crippen molar-refractivity contribution >= 4 is 11.9 Å². The third-order valence-corrected chi connectivity index (χ3v) is 4.70. The van der Waals surface area contributed by atoms with Gasteiger partial charge in [0.25, 0.3) is 0 Å². The fraction of sp³-hybridized carbons (Fsp3) is 0.556. The van der Waals surface area contributed by atoms with Crippen LogP contribution in [0.4, 0.5) is 4.79 Å². The van der Waals surface area contributed by atoms with Crippen LogP contribution < -0.4 is 16.4 Å². The Morgan fingerprint density at radius 1 is 1.24 bits per heavy atom. The van der Waals surface area contributed by atoms with Gasteiger partial charge < -0.3 is 25.8 Å². The van der Waals surface area contributed by atoms with Crippen molar-refractivity contribution in [3.8, 4) is 0 Å². The highest BCUT2D eigenvalue weighted by molar-refractivity contribution is 5.86. The van der Waals surface area contributed by atoms with Crippen LogP contribution in [0.2, 0.25) is 0 Å². The second-order valence-electron chi connectivity index (χ2n) is 6.66. The summed E-state index contributed by atoms with van der Waals surface area (Å²) in [5.41, 5.74) is 6.15. The molecule has 1 heterocycles. The molecule has 0 aromatic heterocycles. The van der Waals surface area contributed by atoms with E-state index in [9.17, 15) is 9.59 Å². The first-order chi connectivity index (χ1) is 12.1. The number of benzene rings is 1. The Balaban J connectivity index is 1.52. The number of nitrogens with one attached hydrogen (secondary N) is 2. The Kier molecular flexibility index (Phi) is 5.55. The van der Waals surface area contributed by atoms with Gasteiger partial charge in [0, 0.05) is 25.8 Å². The molecule has 1 aliphatic heterocycles. The molecule has 0 radical (unpaired) electrons. The lowest BCUT2D eigenvalue weighted by molar-refractivity contribution is -0.161. The van der Waals surface area contributed by atoms with Crippen molar-refractivity contribution in [2.45, 2.75) is 50.0 Å². The summed E-state index contributed by atoms with van der Waals surface area (Å²) >= 11 is 0. The average Bonchev–Trinajstić information content (AvgIpc) is 3.23. The van der Waals surface area contributed by atoms with Gasteiger partial charge in [0.1, 0.15) is 12.1 Å². The zero-order chi connectivity index (χ0) is 17.7. The average molecular weight is 347 g/mol. The van der Waals surface area contributed by atoms with Gasteiger partial charge in [-0.3, -0.25) is 4.79 Å². The minimum Gasteiger partial charge on any atom is -0.352 e. The van der Waals surface area contributed by atoms with Gasteiger partial charge >= 0.3 is 6.03 Å². The Morgan fingerprint density at radius 2 is 1.96 bits per heavy atom. The maximum absolute atomic E-state index is 12.5. The maximum atomic E-state index is 12.5. The molecule has 1 aliphatic carbocycles. The number of hydrogen-bond donors (Lipinski definition) is 3. The molecular formula is C18H25N3O4. The Morgan fingerprint density at radius 3 is 2.64 bits per heavy atom. The summed E-state index contributed by atoms with van der Waals surface area (Å²) in [6, 6.07) is 8.04. The molecule has 2 atom stereocenters. The first-order valence-electron chi connectivity index (χ1n) is 8.76. The monoisotopic (exact) mass is 347 g/mol. The molecule has 1 saturated carbocycles. The molecule has 7 nitrogen and oxygen atoms in total. The molecule has 4 N–H and O–H groups in total. The lowest BCUT2D eigenvalue weighted by Crippen LogP contribution is -2.51. The topological polar surface area (TPSA) is 103 Å². The molecule has 3 amide bonds. The number of carbonyl (C=O) groups is 2. The number of primary amides is 1. The molecule has 7 heteroatoms. The highest BCUT2D eigenvalue weighted by atomic mass is 16.7. The summed E-state index contributed by atoms with van der Waals surface area (Å²) < 4.78 is 11.8. The largest absolute Gasteiger partial charge is 0.352 e. The van der Waals surface area contributed by atoms with Gasteiger partial charge in [-0.25, -0.2) is 4.79 Å². The highest BCUT2D eigenvalue weighted by Gasteiger charge is 2.43. The minimum absolute atomic E-state index is 0.159. The molecule has 2 fully saturated rings. The van der Waals surface area contributed by atoms with E-state index in [4.69, 9.17) is 15.2 Å². The Bertz CT molecular complexity index is 602. The number of rotatable bonds is 6. The lowest BCUT2D eigenvalue weighted by atomic mass is 10.1. The first-order valence-corrected chi connectivity index (χ1v) is 8.76. The van der Waals surface area contributed by atoms with Crippen molar-refractivity contribution in [1.29, 1.82) is 0 Å². The van der Waals surface area contributed by atoms with Crippen molar-refractivity contribution in [3.63, 3.8) is 0 Å². The SMILES string of the molecule is NC(=O)NC(Cc1ccccc1)C(=O)NCC1COC2(CCCC2)O1. The second kappa shape index (κ2) is 7.84. The van der Waals surface area contributed by atoms with E-state index in [-0.39, 0.29) is 12.0 Å². The van der Waals surface area contributed by atoms with Gasteiger partial charge in [-0.1, -0.05) is 30.3 Å². The van der Waals surface area contributed by atoms with Crippen LogP contribution in [0.5, 0.6) is 0 Å². The summed E-state index contributed by atoms with van der Waals surface area (Å²) in [5.74, 6) is -0.719. The number of hydrogen-bond acceptors (Lipinski definition) is 4. The van der Waals surface area contributed by atoms with E-state index in [1.54, 1.807) is 0 Å². The van der Waals surface area contributed by atoms with Gasteiger partial charge in [0.2, 0.25) is 5.91 Å². The van der Waals surface area contributed by atoms with Crippen molar-refractivity contribution in [2.75, 3.05) is 13.2 Å². The van der Waals surface area contributed by atoms with Gasteiger partial charge in [-0.05, 0) is 18.4 Å². The predicted octanol–water partition coefficient (Wildman–Crippen LogP) is 1.07. The quantitative estimate of drug-likeness (QED) is 0.716. The Labute approximate surface area is 147 Å². The van der Waals surface area contributed by atoms with E-state index < -0.39 is 17.9 Å². The maximum Gasteiger partial charge on any atom is 0.312 e. The zero-order valence-electron chi connectivity index (χ0n) is 14.2. The smallest absolute Gasteiger partial charge is 0.312 e. The molecule has 1 aromatic rings. The van der Waals surface area contributed by atoms with Crippen LogP contribution in [-0.2, 0) is 20.7 Å². The van der Waals surface area contributed by atoms with E-state index in [1.807, 2.05) is 30.3 Å². The van der Waals surface area contributed by atoms with E-state index in [2.05, 4.69) is 10.6 Å². The standard InChI is InChI=1S/C18H25N3O4/c19-17(23)21-15(10-13-6-2-1-3-7-13)16(22)20-11-14-12-24-18(25-14)8-4-5-9-18/h1-3,6-7,14-15H,4-5,8-12H2,(H,20,22)(H3,19,21,23). The number of ether oxygens (including phenoxy) is 2. The van der Waals surface area contributed by atoms with Crippen molar-refractivity contribution in [2.24, 2.45) is 5.73 Å². The highest BCUT2D eigenvalue weighted by Crippen LogP contribution is 2.38. The van der Waals surface area contributed by atoms with Crippen molar-refractivity contribution in [1.82, 2.24) is 10.6 Å². The fourth-order valence-electron chi connectivity index (χ4n) is 3.46. The van der Waals surface area contributed by atoms with Crippen LogP contribution >= 0.6 is 0 Å². The van der Waals surface area contributed by atoms with Crippen LogP contribution in [-0.4, -0.2) is 43.0 Å². The van der Waals surface area contributed by atoms with Crippen LogP contribution in [0.1, 0.15) is 31.2 Å². The van der Waals surface area contributed by atoms with E-state index >= 15 is 0 Å². The Hall–Kier alpha value is -2.12. The number of amides is 3. The summed E-state index contributed by atoms with van der Waals surface area (Å²) in [5, 5.41) is 5.35. The van der Waals surface area contributed by atoms with Gasteiger partial charge in [0.15, 0.2) is 5.79 Å². The normalized spacial score (nSPS) is 22.6. The molecule has 3 rings (SSSR count). The van der Waals surface area contributed by atoms with E-state index in [0.717, 1.165) is 31.2 Å². The molecule has 2 aliphatic rings. The zero-order valence-corrected chi connectivity index (χ0v) is 14.2. The van der Waals surface area contributed by atoms with Crippen molar-refractivity contribution in [3.05, 3.63) is 35.9 Å². The molecular weight excluding hydrogens is 322 g/mol. The molecule has 1 aromatic carbocycles.